The number of nitrogens with zero attached hydrogens (tertiary/aromatic N) is 3. The van der Waals surface area contributed by atoms with Gasteiger partial charge in [0.05, 0.1) is 21.5 Å². The van der Waals surface area contributed by atoms with Gasteiger partial charge in [0.1, 0.15) is 5.82 Å². The molecule has 0 aliphatic rings. The van der Waals surface area contributed by atoms with Crippen molar-refractivity contribution < 1.29 is 4.92 Å². The largest absolute Gasteiger partial charge is 0.269 e. The third kappa shape index (κ3) is 3.68. The van der Waals surface area contributed by atoms with Crippen LogP contribution in [0.3, 0.4) is 0 Å². The lowest BCUT2D eigenvalue weighted by atomic mass is 10.1. The molecule has 0 spiro atoms. The van der Waals surface area contributed by atoms with Gasteiger partial charge in [0.2, 0.25) is 0 Å². The van der Waals surface area contributed by atoms with Crippen LogP contribution in [0, 0.1) is 17.0 Å². The van der Waals surface area contributed by atoms with E-state index in [2.05, 4.69) is 4.98 Å². The molecule has 1 heterocycles. The molecule has 0 bridgehead atoms. The number of hydrogen-bond donors (Lipinski definition) is 0. The van der Waals surface area contributed by atoms with E-state index in [0.717, 1.165) is 16.8 Å². The Hall–Kier alpha value is -4.06. The molecule has 0 atom stereocenters. The fourth-order valence-electron chi connectivity index (χ4n) is 3.16. The summed E-state index contributed by atoms with van der Waals surface area (Å²) in [5.74, 6) is 0.484. The molecule has 1 aromatic heterocycles. The summed E-state index contributed by atoms with van der Waals surface area (Å²) >= 11 is 0. The lowest BCUT2D eigenvalue weighted by molar-refractivity contribution is -0.384. The number of rotatable bonds is 4. The minimum absolute atomic E-state index is 0.0302. The Bertz CT molecular complexity index is 1310. The minimum Gasteiger partial charge on any atom is -0.268 e. The number of aromatic nitrogens is 2. The van der Waals surface area contributed by atoms with Crippen molar-refractivity contribution >= 4 is 28.7 Å². The van der Waals surface area contributed by atoms with Crippen LogP contribution in [0.2, 0.25) is 0 Å². The predicted octanol–water partition coefficient (Wildman–Crippen LogP) is 4.77. The monoisotopic (exact) mass is 383 g/mol. The molecule has 0 unspecified atom stereocenters. The molecule has 0 fully saturated rings. The molecule has 0 saturated heterocycles. The van der Waals surface area contributed by atoms with Crippen LogP contribution in [-0.2, 0) is 0 Å². The SMILES string of the molecule is Cc1cccc(-n2c(/C=C/c3ccc([N+](=O)[O-])cc3)nc3ccccc3c2=O)c1. The number of non-ortho nitro benzene ring substituents is 1. The molecule has 0 aliphatic heterocycles. The van der Waals surface area contributed by atoms with Crippen LogP contribution in [-0.4, -0.2) is 14.5 Å². The Kier molecular flexibility index (Phi) is 4.75. The van der Waals surface area contributed by atoms with E-state index in [9.17, 15) is 14.9 Å². The number of fused-ring (bicyclic) bond motifs is 1. The van der Waals surface area contributed by atoms with Crippen molar-refractivity contribution in [2.45, 2.75) is 6.92 Å². The zero-order valence-electron chi connectivity index (χ0n) is 15.6. The van der Waals surface area contributed by atoms with Gasteiger partial charge in [-0.15, -0.1) is 0 Å². The van der Waals surface area contributed by atoms with Gasteiger partial charge in [0.15, 0.2) is 0 Å². The molecule has 6 nitrogen and oxygen atoms in total. The van der Waals surface area contributed by atoms with Gasteiger partial charge >= 0.3 is 0 Å². The summed E-state index contributed by atoms with van der Waals surface area (Å²) in [6.45, 7) is 1.97. The summed E-state index contributed by atoms with van der Waals surface area (Å²) in [7, 11) is 0. The first-order valence-electron chi connectivity index (χ1n) is 9.04. The third-order valence-corrected chi connectivity index (χ3v) is 4.59. The highest BCUT2D eigenvalue weighted by molar-refractivity contribution is 5.80. The van der Waals surface area contributed by atoms with Crippen LogP contribution < -0.4 is 5.56 Å². The van der Waals surface area contributed by atoms with Gasteiger partial charge in [-0.05, 0) is 60.5 Å². The minimum atomic E-state index is -0.437. The number of para-hydroxylation sites is 1. The van der Waals surface area contributed by atoms with Crippen LogP contribution in [0.25, 0.3) is 28.7 Å². The summed E-state index contributed by atoms with van der Waals surface area (Å²) in [6.07, 6.45) is 3.53. The van der Waals surface area contributed by atoms with E-state index in [4.69, 9.17) is 0 Å². The Morgan fingerprint density at radius 2 is 1.72 bits per heavy atom. The van der Waals surface area contributed by atoms with Crippen molar-refractivity contribution in [1.29, 1.82) is 0 Å². The molecule has 4 rings (SSSR count). The van der Waals surface area contributed by atoms with E-state index in [0.29, 0.717) is 16.7 Å². The molecule has 0 radical (unpaired) electrons. The fraction of sp³-hybridized carbons (Fsp3) is 0.0435. The molecule has 29 heavy (non-hydrogen) atoms. The van der Waals surface area contributed by atoms with Crippen molar-refractivity contribution in [3.8, 4) is 5.69 Å². The topological polar surface area (TPSA) is 78.0 Å². The molecule has 0 N–H and O–H groups in total. The van der Waals surface area contributed by atoms with Crippen molar-refractivity contribution in [2.24, 2.45) is 0 Å². The van der Waals surface area contributed by atoms with Gasteiger partial charge in [0.25, 0.3) is 11.2 Å². The van der Waals surface area contributed by atoms with Crippen LogP contribution >= 0.6 is 0 Å². The fourth-order valence-corrected chi connectivity index (χ4v) is 3.16. The molecule has 6 heteroatoms. The zero-order chi connectivity index (χ0) is 20.4. The standard InChI is InChI=1S/C23H17N3O3/c1-16-5-4-6-19(15-16)25-22(24-21-8-3-2-7-20(21)23(25)27)14-11-17-9-12-18(13-10-17)26(28)29/h2-15H,1H3/b14-11+. The maximum atomic E-state index is 13.2. The van der Waals surface area contributed by atoms with Crippen molar-refractivity contribution in [3.05, 3.63) is 110 Å². The quantitative estimate of drug-likeness (QED) is 0.375. The lowest BCUT2D eigenvalue weighted by Crippen LogP contribution is -2.22. The highest BCUT2D eigenvalue weighted by atomic mass is 16.6. The average Bonchev–Trinajstić information content (AvgIpc) is 2.72. The molecule has 0 saturated carbocycles. The summed E-state index contributed by atoms with van der Waals surface area (Å²) in [5.41, 5.74) is 3.04. The van der Waals surface area contributed by atoms with Gasteiger partial charge in [-0.1, -0.05) is 30.3 Å². The maximum absolute atomic E-state index is 13.2. The number of nitro groups is 1. The summed E-state index contributed by atoms with van der Waals surface area (Å²) < 4.78 is 1.58. The van der Waals surface area contributed by atoms with Gasteiger partial charge in [-0.25, -0.2) is 4.98 Å². The van der Waals surface area contributed by atoms with Crippen LogP contribution in [0.1, 0.15) is 17.0 Å². The highest BCUT2D eigenvalue weighted by Gasteiger charge is 2.11. The molecular weight excluding hydrogens is 366 g/mol. The van der Waals surface area contributed by atoms with Crippen molar-refractivity contribution in [2.75, 3.05) is 0 Å². The second-order valence-electron chi connectivity index (χ2n) is 6.65. The molecular formula is C23H17N3O3. The van der Waals surface area contributed by atoms with E-state index < -0.39 is 4.92 Å². The molecule has 0 aliphatic carbocycles. The van der Waals surface area contributed by atoms with E-state index in [1.165, 1.54) is 12.1 Å². The van der Waals surface area contributed by atoms with E-state index in [1.54, 1.807) is 41.0 Å². The predicted molar refractivity (Wildman–Crippen MR) is 114 cm³/mol. The lowest BCUT2D eigenvalue weighted by Gasteiger charge is -2.12. The Balaban J connectivity index is 1.87. The molecule has 4 aromatic rings. The summed E-state index contributed by atoms with van der Waals surface area (Å²) in [5, 5.41) is 11.4. The zero-order valence-corrected chi connectivity index (χ0v) is 15.6. The van der Waals surface area contributed by atoms with E-state index in [-0.39, 0.29) is 11.2 Å². The first kappa shape index (κ1) is 18.3. The number of aryl methyl sites for hydroxylation is 1. The average molecular weight is 383 g/mol. The van der Waals surface area contributed by atoms with Gasteiger partial charge in [0, 0.05) is 12.1 Å². The first-order chi connectivity index (χ1) is 14.0. The molecule has 3 aromatic carbocycles. The molecule has 0 amide bonds. The number of nitro benzene ring substituents is 1. The van der Waals surface area contributed by atoms with Crippen LogP contribution in [0.15, 0.2) is 77.6 Å². The highest BCUT2D eigenvalue weighted by Crippen LogP contribution is 2.17. The number of benzene rings is 3. The maximum Gasteiger partial charge on any atom is 0.269 e. The van der Waals surface area contributed by atoms with Gasteiger partial charge < -0.3 is 0 Å². The van der Waals surface area contributed by atoms with Gasteiger partial charge in [-0.3, -0.25) is 19.5 Å². The van der Waals surface area contributed by atoms with Crippen molar-refractivity contribution in [3.63, 3.8) is 0 Å². The van der Waals surface area contributed by atoms with E-state index >= 15 is 0 Å². The Morgan fingerprint density at radius 3 is 2.45 bits per heavy atom. The van der Waals surface area contributed by atoms with Crippen LogP contribution in [0.4, 0.5) is 5.69 Å². The first-order valence-corrected chi connectivity index (χ1v) is 9.04. The van der Waals surface area contributed by atoms with Crippen LogP contribution in [0.5, 0.6) is 0 Å². The second-order valence-corrected chi connectivity index (χ2v) is 6.65. The molecule has 142 valence electrons. The number of hydrogen-bond acceptors (Lipinski definition) is 4. The Labute approximate surface area is 166 Å². The van der Waals surface area contributed by atoms with Gasteiger partial charge in [-0.2, -0.15) is 0 Å². The normalized spacial score (nSPS) is 11.2. The van der Waals surface area contributed by atoms with E-state index in [1.807, 2.05) is 43.3 Å². The Morgan fingerprint density at radius 1 is 0.966 bits per heavy atom. The van der Waals surface area contributed by atoms with Crippen molar-refractivity contribution in [1.82, 2.24) is 9.55 Å². The second kappa shape index (κ2) is 7.52. The smallest absolute Gasteiger partial charge is 0.268 e. The summed E-state index contributed by atoms with van der Waals surface area (Å²) in [4.78, 5) is 28.3. The third-order valence-electron chi connectivity index (χ3n) is 4.59. The summed E-state index contributed by atoms with van der Waals surface area (Å²) in [6, 6.07) is 21.1.